The van der Waals surface area contributed by atoms with Crippen LogP contribution < -0.4 is 0 Å². The van der Waals surface area contributed by atoms with Crippen LogP contribution in [0.25, 0.3) is 11.5 Å². The van der Waals surface area contributed by atoms with E-state index in [1.54, 1.807) is 0 Å². The van der Waals surface area contributed by atoms with Crippen molar-refractivity contribution < 1.29 is 22.4 Å². The first-order chi connectivity index (χ1) is 15.3. The molecule has 9 heteroatoms. The number of sulfonamides is 1. The molecule has 0 amide bonds. The molecule has 4 rings (SSSR count). The van der Waals surface area contributed by atoms with Gasteiger partial charge < -0.3 is 9.15 Å². The first-order valence-electron chi connectivity index (χ1n) is 10.5. The van der Waals surface area contributed by atoms with E-state index >= 15 is 0 Å². The third-order valence-corrected chi connectivity index (χ3v) is 7.22. The Kier molecular flexibility index (Phi) is 6.38. The van der Waals surface area contributed by atoms with Crippen LogP contribution in [-0.2, 0) is 21.4 Å². The van der Waals surface area contributed by atoms with Crippen molar-refractivity contribution in [2.75, 3.05) is 13.1 Å². The predicted octanol–water partition coefficient (Wildman–Crippen LogP) is 3.76. The number of rotatable bonds is 6. The minimum atomic E-state index is -3.60. The molecule has 8 nitrogen and oxygen atoms in total. The number of nitrogens with zero attached hydrogens (tertiary/aromatic N) is 3. The Morgan fingerprint density at radius 3 is 2.34 bits per heavy atom. The van der Waals surface area contributed by atoms with Crippen LogP contribution in [-0.4, -0.2) is 42.0 Å². The zero-order valence-electron chi connectivity index (χ0n) is 18.0. The molecule has 1 aliphatic heterocycles. The molecule has 1 fully saturated rings. The maximum absolute atomic E-state index is 13.0. The van der Waals surface area contributed by atoms with Crippen molar-refractivity contribution in [3.8, 4) is 11.5 Å². The fourth-order valence-corrected chi connectivity index (χ4v) is 5.61. The fraction of sp³-hybridized carbons (Fsp3) is 0.348. The van der Waals surface area contributed by atoms with Gasteiger partial charge in [0.15, 0.2) is 6.61 Å². The van der Waals surface area contributed by atoms with Gasteiger partial charge >= 0.3 is 5.97 Å². The monoisotopic (exact) mass is 455 g/mol. The molecular weight excluding hydrogens is 430 g/mol. The van der Waals surface area contributed by atoms with Crippen molar-refractivity contribution in [2.24, 2.45) is 11.8 Å². The van der Waals surface area contributed by atoms with Crippen LogP contribution in [0.3, 0.4) is 0 Å². The number of esters is 1. The van der Waals surface area contributed by atoms with Gasteiger partial charge in [0.1, 0.15) is 0 Å². The third-order valence-electron chi connectivity index (χ3n) is 5.38. The number of piperidine rings is 1. The summed E-state index contributed by atoms with van der Waals surface area (Å²) in [7, 11) is -3.60. The lowest BCUT2D eigenvalue weighted by atomic mass is 9.94. The number of ether oxygens (including phenoxy) is 1. The van der Waals surface area contributed by atoms with Gasteiger partial charge in [-0.05, 0) is 54.7 Å². The van der Waals surface area contributed by atoms with E-state index in [2.05, 4.69) is 24.0 Å². The quantitative estimate of drug-likeness (QED) is 0.521. The molecule has 0 unspecified atom stereocenters. The van der Waals surface area contributed by atoms with Gasteiger partial charge in [0.2, 0.25) is 15.9 Å². The molecule has 0 N–H and O–H groups in total. The maximum atomic E-state index is 13.0. The van der Waals surface area contributed by atoms with Crippen molar-refractivity contribution >= 4 is 16.0 Å². The SMILES string of the molecule is C[C@@H]1C[C@H](C)CN(S(=O)(=O)c2ccc(C(=O)OCc3nnc(-c4ccccc4)o3)cc2)C1. The van der Waals surface area contributed by atoms with Crippen molar-refractivity contribution in [2.45, 2.75) is 31.8 Å². The largest absolute Gasteiger partial charge is 0.452 e. The molecule has 168 valence electrons. The molecule has 1 saturated heterocycles. The molecule has 32 heavy (non-hydrogen) atoms. The van der Waals surface area contributed by atoms with E-state index in [-0.39, 0.29) is 23.0 Å². The van der Waals surface area contributed by atoms with E-state index in [0.29, 0.717) is 30.8 Å². The Labute approximate surface area is 187 Å². The van der Waals surface area contributed by atoms with Gasteiger partial charge in [-0.1, -0.05) is 32.0 Å². The van der Waals surface area contributed by atoms with Gasteiger partial charge in [0, 0.05) is 18.7 Å². The summed E-state index contributed by atoms with van der Waals surface area (Å²) in [5.74, 6) is 0.538. The van der Waals surface area contributed by atoms with E-state index in [9.17, 15) is 13.2 Å². The normalized spacial score (nSPS) is 19.6. The minimum absolute atomic E-state index is 0.166. The Bertz CT molecular complexity index is 1170. The fourth-order valence-electron chi connectivity index (χ4n) is 3.93. The lowest BCUT2D eigenvalue weighted by molar-refractivity contribution is 0.0438. The molecule has 2 aromatic carbocycles. The van der Waals surface area contributed by atoms with Crippen molar-refractivity contribution in [1.82, 2.24) is 14.5 Å². The number of benzene rings is 2. The second-order valence-corrected chi connectivity index (χ2v) is 10.2. The Hall–Kier alpha value is -3.04. The van der Waals surface area contributed by atoms with Crippen LogP contribution in [0.15, 0.2) is 63.9 Å². The summed E-state index contributed by atoms with van der Waals surface area (Å²) in [5, 5.41) is 7.84. The van der Waals surface area contributed by atoms with Crippen LogP contribution in [0.4, 0.5) is 0 Å². The second-order valence-electron chi connectivity index (χ2n) is 8.24. The van der Waals surface area contributed by atoms with Crippen LogP contribution >= 0.6 is 0 Å². The summed E-state index contributed by atoms with van der Waals surface area (Å²) in [6, 6.07) is 15.1. The highest BCUT2D eigenvalue weighted by Crippen LogP contribution is 2.27. The standard InChI is InChI=1S/C23H25N3O5S/c1-16-12-17(2)14-26(13-16)32(28,29)20-10-8-19(9-11-20)23(27)30-15-21-24-25-22(31-21)18-6-4-3-5-7-18/h3-11,16-17H,12-15H2,1-2H3/t16-,17+. The molecule has 0 bridgehead atoms. The number of hydrogen-bond acceptors (Lipinski definition) is 7. The van der Waals surface area contributed by atoms with Crippen molar-refractivity contribution in [1.29, 1.82) is 0 Å². The summed E-state index contributed by atoms with van der Waals surface area (Å²) < 4.78 is 38.2. The molecule has 1 aliphatic rings. The molecule has 0 spiro atoms. The minimum Gasteiger partial charge on any atom is -0.452 e. The smallest absolute Gasteiger partial charge is 0.338 e. The van der Waals surface area contributed by atoms with Gasteiger partial charge in [-0.3, -0.25) is 0 Å². The summed E-state index contributed by atoms with van der Waals surface area (Å²) in [6.45, 7) is 4.95. The van der Waals surface area contributed by atoms with E-state index in [0.717, 1.165) is 12.0 Å². The van der Waals surface area contributed by atoms with Crippen LogP contribution in [0.1, 0.15) is 36.5 Å². The van der Waals surface area contributed by atoms with Gasteiger partial charge in [0.05, 0.1) is 10.5 Å². The molecule has 2 atom stereocenters. The summed E-state index contributed by atoms with van der Waals surface area (Å²) in [4.78, 5) is 12.5. The lowest BCUT2D eigenvalue weighted by Crippen LogP contribution is -2.42. The number of aromatic nitrogens is 2. The number of carbonyl (C=O) groups is 1. The second kappa shape index (κ2) is 9.22. The van der Waals surface area contributed by atoms with Crippen LogP contribution in [0.2, 0.25) is 0 Å². The third kappa shape index (κ3) is 4.89. The molecule has 2 heterocycles. The van der Waals surface area contributed by atoms with Gasteiger partial charge in [0.25, 0.3) is 5.89 Å². The molecule has 0 saturated carbocycles. The van der Waals surface area contributed by atoms with E-state index in [1.807, 2.05) is 30.3 Å². The number of hydrogen-bond donors (Lipinski definition) is 0. The highest BCUT2D eigenvalue weighted by molar-refractivity contribution is 7.89. The Morgan fingerprint density at radius 1 is 1.03 bits per heavy atom. The van der Waals surface area contributed by atoms with Gasteiger partial charge in [-0.2, -0.15) is 4.31 Å². The molecule has 1 aromatic heterocycles. The van der Waals surface area contributed by atoms with Crippen LogP contribution in [0, 0.1) is 11.8 Å². The van der Waals surface area contributed by atoms with E-state index < -0.39 is 16.0 Å². The average Bonchev–Trinajstić information content (AvgIpc) is 3.27. The van der Waals surface area contributed by atoms with Crippen molar-refractivity contribution in [3.63, 3.8) is 0 Å². The van der Waals surface area contributed by atoms with Gasteiger partial charge in [-0.25, -0.2) is 13.2 Å². The first-order valence-corrected chi connectivity index (χ1v) is 11.9. The Balaban J connectivity index is 1.39. The summed E-state index contributed by atoms with van der Waals surface area (Å²) in [5.41, 5.74) is 1.01. The highest BCUT2D eigenvalue weighted by Gasteiger charge is 2.31. The molecule has 3 aromatic rings. The van der Waals surface area contributed by atoms with Crippen LogP contribution in [0.5, 0.6) is 0 Å². The van der Waals surface area contributed by atoms with E-state index in [4.69, 9.17) is 9.15 Å². The lowest BCUT2D eigenvalue weighted by Gasteiger charge is -2.34. The average molecular weight is 456 g/mol. The number of carbonyl (C=O) groups excluding carboxylic acids is 1. The predicted molar refractivity (Wildman–Crippen MR) is 117 cm³/mol. The van der Waals surface area contributed by atoms with Gasteiger partial charge in [-0.15, -0.1) is 10.2 Å². The maximum Gasteiger partial charge on any atom is 0.338 e. The molecule has 0 aliphatic carbocycles. The summed E-state index contributed by atoms with van der Waals surface area (Å²) in [6.07, 6.45) is 1.02. The summed E-state index contributed by atoms with van der Waals surface area (Å²) >= 11 is 0. The zero-order chi connectivity index (χ0) is 22.7. The molecule has 0 radical (unpaired) electrons. The Morgan fingerprint density at radius 2 is 1.69 bits per heavy atom. The zero-order valence-corrected chi connectivity index (χ0v) is 18.8. The first kappa shape index (κ1) is 22.2. The van der Waals surface area contributed by atoms with Crippen molar-refractivity contribution in [3.05, 3.63) is 66.1 Å². The van der Waals surface area contributed by atoms with E-state index in [1.165, 1.54) is 28.6 Å². The topological polar surface area (TPSA) is 103 Å². The highest BCUT2D eigenvalue weighted by atomic mass is 32.2. The molecular formula is C23H25N3O5S.